The zero-order chi connectivity index (χ0) is 30.9. The van der Waals surface area contributed by atoms with Crippen molar-refractivity contribution in [1.29, 1.82) is 5.26 Å². The van der Waals surface area contributed by atoms with Gasteiger partial charge in [-0.3, -0.25) is 0 Å². The largest absolute Gasteiger partial charge is 0.389 e. The number of piperazine rings is 1. The van der Waals surface area contributed by atoms with Crippen LogP contribution < -0.4 is 20.9 Å². The van der Waals surface area contributed by atoms with E-state index in [2.05, 4.69) is 26.2 Å². The molecule has 5 aromatic rings. The van der Waals surface area contributed by atoms with E-state index in [-0.39, 0.29) is 42.3 Å². The summed E-state index contributed by atoms with van der Waals surface area (Å²) in [4.78, 5) is 20.5. The minimum Gasteiger partial charge on any atom is -0.389 e. The molecule has 0 radical (unpaired) electrons. The molecule has 5 heterocycles. The van der Waals surface area contributed by atoms with E-state index in [0.29, 0.717) is 41.0 Å². The lowest BCUT2D eigenvalue weighted by molar-refractivity contribution is 0.415. The number of rotatable bonds is 6. The van der Waals surface area contributed by atoms with Crippen LogP contribution in [0.2, 0.25) is 5.02 Å². The number of hydrogen-bond acceptors (Lipinski definition) is 10. The normalized spacial score (nSPS) is 18.2. The van der Waals surface area contributed by atoms with Crippen LogP contribution in [0.25, 0.3) is 43.1 Å². The molecule has 0 aliphatic carbocycles. The molecule has 7 rings (SSSR count). The molecule has 3 aromatic heterocycles. The summed E-state index contributed by atoms with van der Waals surface area (Å²) >= 11 is 7.85. The van der Waals surface area contributed by atoms with E-state index in [1.54, 1.807) is 12.3 Å². The van der Waals surface area contributed by atoms with Crippen LogP contribution in [0.3, 0.4) is 0 Å². The summed E-state index contributed by atoms with van der Waals surface area (Å²) in [6.45, 7) is 2.99. The Morgan fingerprint density at radius 2 is 1.89 bits per heavy atom. The minimum absolute atomic E-state index is 0.0361. The van der Waals surface area contributed by atoms with Crippen LogP contribution >= 0.6 is 22.9 Å². The molecule has 3 N–H and O–H groups in total. The third kappa shape index (κ3) is 4.66. The molecular weight excluding hydrogens is 604 g/mol. The third-order valence-electron chi connectivity index (χ3n) is 8.63. The summed E-state index contributed by atoms with van der Waals surface area (Å²) in [5, 5.41) is 15.3. The highest BCUT2D eigenvalue weighted by atomic mass is 35.5. The molecule has 44 heavy (non-hydrogen) atoms. The molecule has 0 saturated carbocycles. The number of fused-ring (bicyclic) bond motifs is 5. The van der Waals surface area contributed by atoms with Gasteiger partial charge in [-0.05, 0) is 44.6 Å². The van der Waals surface area contributed by atoms with Crippen molar-refractivity contribution >= 4 is 71.6 Å². The molecule has 2 unspecified atom stereocenters. The molecule has 9 nitrogen and oxygen atoms in total. The van der Waals surface area contributed by atoms with Crippen LogP contribution in [0.5, 0.6) is 0 Å². The molecule has 2 fully saturated rings. The van der Waals surface area contributed by atoms with Gasteiger partial charge in [0, 0.05) is 67.8 Å². The molecule has 2 aromatic carbocycles. The summed E-state index contributed by atoms with van der Waals surface area (Å²) in [5.74, 6) is -0.724. The van der Waals surface area contributed by atoms with E-state index in [4.69, 9.17) is 27.3 Å². The fourth-order valence-corrected chi connectivity index (χ4v) is 7.72. The van der Waals surface area contributed by atoms with Crippen LogP contribution in [-0.2, 0) is 0 Å². The van der Waals surface area contributed by atoms with Crippen LogP contribution in [-0.4, -0.2) is 79.3 Å². The topological polar surface area (TPSA) is 110 Å². The fraction of sp³-hybridized carbons (Fsp3) is 0.355. The monoisotopic (exact) mass is 633 g/mol. The number of halogens is 3. The van der Waals surface area contributed by atoms with Crippen molar-refractivity contribution < 1.29 is 8.78 Å². The van der Waals surface area contributed by atoms with E-state index < -0.39 is 11.6 Å². The van der Waals surface area contributed by atoms with Gasteiger partial charge in [-0.15, -0.1) is 11.3 Å². The van der Waals surface area contributed by atoms with E-state index >= 15 is 4.39 Å². The average Bonchev–Trinajstić information content (AvgIpc) is 3.53. The van der Waals surface area contributed by atoms with E-state index in [9.17, 15) is 9.65 Å². The Kier molecular flexibility index (Phi) is 7.16. The lowest BCUT2D eigenvalue weighted by atomic mass is 9.96. The van der Waals surface area contributed by atoms with Crippen LogP contribution in [0, 0.1) is 23.0 Å². The predicted molar refractivity (Wildman–Crippen MR) is 174 cm³/mol. The van der Waals surface area contributed by atoms with E-state index in [1.165, 1.54) is 12.1 Å². The number of nitrogen functional groups attached to an aromatic ring is 1. The van der Waals surface area contributed by atoms with Gasteiger partial charge in [0.15, 0.2) is 11.5 Å². The van der Waals surface area contributed by atoms with Gasteiger partial charge in [-0.1, -0.05) is 17.7 Å². The summed E-state index contributed by atoms with van der Waals surface area (Å²) in [6, 6.07) is 7.11. The Hall–Kier alpha value is -3.89. The second-order valence-electron chi connectivity index (χ2n) is 11.8. The number of benzene rings is 2. The number of hydrogen-bond donors (Lipinski definition) is 2. The zero-order valence-electron chi connectivity index (χ0n) is 24.5. The van der Waals surface area contributed by atoms with E-state index in [1.807, 2.05) is 26.0 Å². The second-order valence-corrected chi connectivity index (χ2v) is 13.3. The second kappa shape index (κ2) is 10.9. The average molecular weight is 634 g/mol. The molecule has 0 spiro atoms. The first-order valence-electron chi connectivity index (χ1n) is 14.4. The van der Waals surface area contributed by atoms with Crippen molar-refractivity contribution in [2.75, 3.05) is 62.9 Å². The van der Waals surface area contributed by atoms with Crippen LogP contribution in [0.1, 0.15) is 18.4 Å². The predicted octanol–water partition coefficient (Wildman–Crippen LogP) is 5.38. The van der Waals surface area contributed by atoms with Gasteiger partial charge >= 0.3 is 0 Å². The lowest BCUT2D eigenvalue weighted by Crippen LogP contribution is -2.51. The Morgan fingerprint density at radius 1 is 1.14 bits per heavy atom. The molecule has 0 amide bonds. The van der Waals surface area contributed by atoms with Crippen LogP contribution in [0.4, 0.5) is 25.4 Å². The fourth-order valence-electron chi connectivity index (χ4n) is 6.48. The first-order valence-corrected chi connectivity index (χ1v) is 15.6. The zero-order valence-corrected chi connectivity index (χ0v) is 26.0. The SMILES string of the molecule is CN(C)CCN(C)c1ncc2c(N3CC4CCC(C3)N4)c3cc(Cl)c(-c4ccc(F)c5sc(N)c(C#N)c45)c(F)c3nc2n1. The molecule has 2 saturated heterocycles. The Labute approximate surface area is 261 Å². The third-order valence-corrected chi connectivity index (χ3v) is 9.96. The summed E-state index contributed by atoms with van der Waals surface area (Å²) < 4.78 is 32.0. The molecule has 13 heteroatoms. The van der Waals surface area contributed by atoms with Gasteiger partial charge in [-0.2, -0.15) is 10.2 Å². The van der Waals surface area contributed by atoms with Gasteiger partial charge in [-0.25, -0.2) is 18.7 Å². The Balaban J connectivity index is 1.49. The maximum absolute atomic E-state index is 17.0. The molecular formula is C31H30ClF2N9S. The number of nitriles is 1. The molecule has 2 atom stereocenters. The number of nitrogens with one attached hydrogen (secondary N) is 1. The van der Waals surface area contributed by atoms with E-state index in [0.717, 1.165) is 49.5 Å². The minimum atomic E-state index is -0.670. The van der Waals surface area contributed by atoms with Gasteiger partial charge in [0.1, 0.15) is 22.4 Å². The maximum Gasteiger partial charge on any atom is 0.227 e. The Bertz CT molecular complexity index is 1990. The molecule has 226 valence electrons. The highest BCUT2D eigenvalue weighted by Crippen LogP contribution is 2.46. The van der Waals surface area contributed by atoms with Crippen molar-refractivity contribution in [3.05, 3.63) is 46.6 Å². The summed E-state index contributed by atoms with van der Waals surface area (Å²) in [5.41, 5.74) is 7.74. The van der Waals surface area contributed by atoms with Gasteiger partial charge < -0.3 is 25.8 Å². The van der Waals surface area contributed by atoms with Crippen molar-refractivity contribution in [2.45, 2.75) is 24.9 Å². The number of nitrogens with two attached hydrogens (primary N) is 1. The van der Waals surface area contributed by atoms with Gasteiger partial charge in [0.05, 0.1) is 26.4 Å². The smallest absolute Gasteiger partial charge is 0.227 e. The van der Waals surface area contributed by atoms with Crippen molar-refractivity contribution in [3.63, 3.8) is 0 Å². The van der Waals surface area contributed by atoms with Gasteiger partial charge in [0.2, 0.25) is 5.95 Å². The molecule has 2 aliphatic rings. The van der Waals surface area contributed by atoms with Crippen molar-refractivity contribution in [3.8, 4) is 17.2 Å². The van der Waals surface area contributed by atoms with Crippen molar-refractivity contribution in [2.24, 2.45) is 0 Å². The maximum atomic E-state index is 17.0. The molecule has 2 bridgehead atoms. The number of anilines is 3. The quantitative estimate of drug-likeness (QED) is 0.238. The highest BCUT2D eigenvalue weighted by molar-refractivity contribution is 7.23. The number of thiophene rings is 1. The first kappa shape index (κ1) is 28.9. The first-order chi connectivity index (χ1) is 21.1. The summed E-state index contributed by atoms with van der Waals surface area (Å²) in [7, 11) is 5.91. The standard InChI is InChI=1S/C31H30ClF2N9S/c1-41(2)8-9-42(3)31-37-12-20-27(43-13-15-4-5-16(14-43)38-15)18-10-21(32)24(25(34)26(18)39-30(20)40-31)17-6-7-22(33)28-23(17)19(11-35)29(36)44-28/h6-7,10,12,15-16,38H,4-5,8-9,13-14,36H2,1-3H3. The Morgan fingerprint density at radius 3 is 2.59 bits per heavy atom. The van der Waals surface area contributed by atoms with Crippen LogP contribution in [0.15, 0.2) is 24.4 Å². The molecule has 2 aliphatic heterocycles. The lowest BCUT2D eigenvalue weighted by Gasteiger charge is -2.36. The number of nitrogens with zero attached hydrogens (tertiary/aromatic N) is 7. The van der Waals surface area contributed by atoms with Gasteiger partial charge in [0.25, 0.3) is 0 Å². The number of pyridine rings is 1. The highest BCUT2D eigenvalue weighted by Gasteiger charge is 2.35. The number of likely N-dealkylation sites (N-methyl/N-ethyl adjacent to an activating group) is 2. The van der Waals surface area contributed by atoms with Crippen molar-refractivity contribution in [1.82, 2.24) is 25.2 Å². The number of aromatic nitrogens is 3. The summed E-state index contributed by atoms with van der Waals surface area (Å²) in [6.07, 6.45) is 3.92.